The fourth-order valence-corrected chi connectivity index (χ4v) is 4.68. The van der Waals surface area contributed by atoms with Gasteiger partial charge in [0.2, 0.25) is 0 Å². The van der Waals surface area contributed by atoms with Crippen molar-refractivity contribution in [1.82, 2.24) is 14.9 Å². The number of pyridine rings is 1. The molecule has 1 amide bonds. The van der Waals surface area contributed by atoms with E-state index in [1.54, 1.807) is 20.3 Å². The SMILES string of the molecule is COc1cc2c(cc1OC)C1(CCN(C(=O)c3ccc4cc[nH]c4n3)CC1)OCC2. The molecule has 0 bridgehead atoms. The maximum Gasteiger partial charge on any atom is 0.272 e. The van der Waals surface area contributed by atoms with Crippen LogP contribution in [0.5, 0.6) is 11.5 Å². The molecule has 1 fully saturated rings. The summed E-state index contributed by atoms with van der Waals surface area (Å²) in [4.78, 5) is 22.5. The Hall–Kier alpha value is -3.06. The maximum atomic E-state index is 13.0. The molecule has 2 aliphatic heterocycles. The van der Waals surface area contributed by atoms with Crippen LogP contribution in [-0.4, -0.2) is 54.7 Å². The van der Waals surface area contributed by atoms with Crippen LogP contribution in [0.15, 0.2) is 36.5 Å². The third-order valence-electron chi connectivity index (χ3n) is 6.34. The largest absolute Gasteiger partial charge is 0.493 e. The number of fused-ring (bicyclic) bond motifs is 3. The van der Waals surface area contributed by atoms with Crippen molar-refractivity contribution >= 4 is 16.9 Å². The number of piperidine rings is 1. The molecule has 7 heteroatoms. The second-order valence-corrected chi connectivity index (χ2v) is 7.86. The molecule has 1 spiro atoms. The Morgan fingerprint density at radius 3 is 2.67 bits per heavy atom. The normalized spacial score (nSPS) is 17.7. The van der Waals surface area contributed by atoms with Crippen LogP contribution in [0.25, 0.3) is 11.0 Å². The highest BCUT2D eigenvalue weighted by Crippen LogP contribution is 2.45. The average Bonchev–Trinajstić information content (AvgIpc) is 3.26. The Kier molecular flexibility index (Phi) is 4.62. The first kappa shape index (κ1) is 18.9. The number of nitrogens with zero attached hydrogens (tertiary/aromatic N) is 2. The zero-order valence-corrected chi connectivity index (χ0v) is 17.2. The number of rotatable bonds is 3. The van der Waals surface area contributed by atoms with Gasteiger partial charge < -0.3 is 24.1 Å². The highest BCUT2D eigenvalue weighted by Gasteiger charge is 2.42. The molecule has 0 radical (unpaired) electrons. The lowest BCUT2D eigenvalue weighted by molar-refractivity contribution is -0.0936. The number of likely N-dealkylation sites (tertiary alicyclic amines) is 1. The lowest BCUT2D eigenvalue weighted by Gasteiger charge is -2.45. The van der Waals surface area contributed by atoms with Crippen molar-refractivity contribution in [3.8, 4) is 11.5 Å². The summed E-state index contributed by atoms with van der Waals surface area (Å²) in [5.74, 6) is 1.42. The molecule has 3 aromatic rings. The van der Waals surface area contributed by atoms with Crippen molar-refractivity contribution < 1.29 is 19.0 Å². The monoisotopic (exact) mass is 407 g/mol. The second-order valence-electron chi connectivity index (χ2n) is 7.86. The van der Waals surface area contributed by atoms with E-state index < -0.39 is 0 Å². The highest BCUT2D eigenvalue weighted by atomic mass is 16.5. The Morgan fingerprint density at radius 1 is 1.13 bits per heavy atom. The van der Waals surface area contributed by atoms with Crippen LogP contribution in [0.1, 0.15) is 34.5 Å². The number of carbonyl (C=O) groups excluding carboxylic acids is 1. The number of nitrogens with one attached hydrogen (secondary N) is 1. The van der Waals surface area contributed by atoms with E-state index in [0.717, 1.165) is 41.6 Å². The van der Waals surface area contributed by atoms with Crippen LogP contribution in [-0.2, 0) is 16.8 Å². The smallest absolute Gasteiger partial charge is 0.272 e. The Labute approximate surface area is 174 Å². The van der Waals surface area contributed by atoms with E-state index in [-0.39, 0.29) is 11.5 Å². The van der Waals surface area contributed by atoms with E-state index in [9.17, 15) is 4.79 Å². The predicted octanol–water partition coefficient (Wildman–Crippen LogP) is 3.28. The molecule has 0 aliphatic carbocycles. The van der Waals surface area contributed by atoms with Gasteiger partial charge in [-0.25, -0.2) is 4.98 Å². The molecule has 1 aromatic carbocycles. The van der Waals surface area contributed by atoms with E-state index in [1.165, 1.54) is 5.56 Å². The van der Waals surface area contributed by atoms with Gasteiger partial charge in [0.15, 0.2) is 11.5 Å². The van der Waals surface area contributed by atoms with Gasteiger partial charge in [-0.05, 0) is 60.7 Å². The molecule has 5 rings (SSSR count). The van der Waals surface area contributed by atoms with Crippen LogP contribution in [0.4, 0.5) is 0 Å². The van der Waals surface area contributed by atoms with Gasteiger partial charge in [-0.1, -0.05) is 0 Å². The molecular formula is C23H25N3O4. The summed E-state index contributed by atoms with van der Waals surface area (Å²) < 4.78 is 17.3. The lowest BCUT2D eigenvalue weighted by Crippen LogP contribution is -2.48. The molecule has 156 valence electrons. The van der Waals surface area contributed by atoms with E-state index >= 15 is 0 Å². The summed E-state index contributed by atoms with van der Waals surface area (Å²) in [7, 11) is 3.30. The van der Waals surface area contributed by atoms with Gasteiger partial charge in [-0.15, -0.1) is 0 Å². The molecule has 0 atom stereocenters. The van der Waals surface area contributed by atoms with Crippen LogP contribution in [0.2, 0.25) is 0 Å². The number of ether oxygens (including phenoxy) is 3. The topological polar surface area (TPSA) is 76.7 Å². The van der Waals surface area contributed by atoms with Crippen molar-refractivity contribution in [3.63, 3.8) is 0 Å². The Balaban J connectivity index is 1.38. The Bertz CT molecular complexity index is 1100. The number of H-pyrrole nitrogens is 1. The molecular weight excluding hydrogens is 382 g/mol. The summed E-state index contributed by atoms with van der Waals surface area (Å²) in [6.07, 6.45) is 4.16. The number of benzene rings is 1. The maximum absolute atomic E-state index is 13.0. The van der Waals surface area contributed by atoms with Gasteiger partial charge in [0.05, 0.1) is 26.4 Å². The summed E-state index contributed by atoms with van der Waals surface area (Å²) in [6.45, 7) is 1.91. The zero-order chi connectivity index (χ0) is 20.7. The van der Waals surface area contributed by atoms with Crippen molar-refractivity contribution in [2.45, 2.75) is 24.9 Å². The standard InChI is InChI=1S/C23H25N3O4/c1-28-19-13-16-6-12-30-23(17(16)14-20(19)29-2)7-10-26(11-8-23)22(27)18-4-3-15-5-9-24-21(15)25-18/h3-5,9,13-14H,6-8,10-12H2,1-2H3,(H,24,25). The average molecular weight is 407 g/mol. The summed E-state index contributed by atoms with van der Waals surface area (Å²) in [5, 5.41) is 1.00. The van der Waals surface area contributed by atoms with E-state index in [2.05, 4.69) is 16.0 Å². The Morgan fingerprint density at radius 2 is 1.90 bits per heavy atom. The number of hydrogen-bond donors (Lipinski definition) is 1. The first-order valence-electron chi connectivity index (χ1n) is 10.3. The number of methoxy groups -OCH3 is 2. The van der Waals surface area contributed by atoms with Crippen molar-refractivity contribution in [2.75, 3.05) is 33.9 Å². The molecule has 2 aromatic heterocycles. The third kappa shape index (κ3) is 3.01. The second kappa shape index (κ2) is 7.32. The van der Waals surface area contributed by atoms with E-state index in [4.69, 9.17) is 14.2 Å². The summed E-state index contributed by atoms with van der Waals surface area (Å²) >= 11 is 0. The number of amides is 1. The molecule has 7 nitrogen and oxygen atoms in total. The zero-order valence-electron chi connectivity index (χ0n) is 17.2. The van der Waals surface area contributed by atoms with Crippen LogP contribution in [0.3, 0.4) is 0 Å². The molecule has 1 saturated heterocycles. The van der Waals surface area contributed by atoms with Crippen molar-refractivity contribution in [2.24, 2.45) is 0 Å². The van der Waals surface area contributed by atoms with Crippen molar-refractivity contribution in [3.05, 3.63) is 53.3 Å². The van der Waals surface area contributed by atoms with Gasteiger partial charge in [0.25, 0.3) is 5.91 Å². The molecule has 0 saturated carbocycles. The minimum absolute atomic E-state index is 0.0373. The highest BCUT2D eigenvalue weighted by molar-refractivity contribution is 5.94. The molecule has 30 heavy (non-hydrogen) atoms. The third-order valence-corrected chi connectivity index (χ3v) is 6.34. The van der Waals surface area contributed by atoms with Gasteiger partial charge >= 0.3 is 0 Å². The first-order valence-corrected chi connectivity index (χ1v) is 10.3. The predicted molar refractivity (Wildman–Crippen MR) is 112 cm³/mol. The molecule has 0 unspecified atom stereocenters. The fraction of sp³-hybridized carbons (Fsp3) is 0.391. The number of hydrogen-bond acceptors (Lipinski definition) is 5. The number of aromatic nitrogens is 2. The van der Waals surface area contributed by atoms with Gasteiger partial charge in [-0.3, -0.25) is 4.79 Å². The van der Waals surface area contributed by atoms with Crippen molar-refractivity contribution in [1.29, 1.82) is 0 Å². The van der Waals surface area contributed by atoms with Crippen LogP contribution < -0.4 is 9.47 Å². The van der Waals surface area contributed by atoms with Gasteiger partial charge in [0.1, 0.15) is 11.3 Å². The van der Waals surface area contributed by atoms with E-state index in [0.29, 0.717) is 31.1 Å². The number of aromatic amines is 1. The minimum atomic E-state index is -0.388. The molecule has 2 aliphatic rings. The van der Waals surface area contributed by atoms with Crippen LogP contribution in [0, 0.1) is 0 Å². The summed E-state index contributed by atoms with van der Waals surface area (Å²) in [5.41, 5.74) is 3.21. The molecule has 1 N–H and O–H groups in total. The van der Waals surface area contributed by atoms with Gasteiger partial charge in [-0.2, -0.15) is 0 Å². The number of carbonyl (C=O) groups is 1. The fourth-order valence-electron chi connectivity index (χ4n) is 4.68. The summed E-state index contributed by atoms with van der Waals surface area (Å²) in [6, 6.07) is 9.78. The van der Waals surface area contributed by atoms with Gasteiger partial charge in [0, 0.05) is 24.7 Å². The van der Waals surface area contributed by atoms with E-state index in [1.807, 2.05) is 29.3 Å². The lowest BCUT2D eigenvalue weighted by atomic mass is 9.79. The first-order chi connectivity index (χ1) is 14.6. The minimum Gasteiger partial charge on any atom is -0.493 e. The van der Waals surface area contributed by atoms with Crippen LogP contribution >= 0.6 is 0 Å². The molecule has 4 heterocycles. The quantitative estimate of drug-likeness (QED) is 0.721.